The van der Waals surface area contributed by atoms with E-state index in [1.54, 1.807) is 0 Å². The number of hydrogen-bond acceptors (Lipinski definition) is 3. The first-order valence-corrected chi connectivity index (χ1v) is 6.59. The molecule has 0 radical (unpaired) electrons. The molecule has 0 spiro atoms. The maximum Gasteiger partial charge on any atom is 0.0953 e. The Morgan fingerprint density at radius 2 is 2.28 bits per heavy atom. The van der Waals surface area contributed by atoms with E-state index >= 15 is 0 Å². The molecule has 0 saturated heterocycles. The summed E-state index contributed by atoms with van der Waals surface area (Å²) in [4.78, 5) is 4.41. The fourth-order valence-electron chi connectivity index (χ4n) is 1.99. The summed E-state index contributed by atoms with van der Waals surface area (Å²) in [6.07, 6.45) is 10.6. The molecule has 1 aliphatic carbocycles. The summed E-state index contributed by atoms with van der Waals surface area (Å²) in [6.45, 7) is 4.73. The molecular formula is C13H19N5. The van der Waals surface area contributed by atoms with Gasteiger partial charge in [0.25, 0.3) is 0 Å². The van der Waals surface area contributed by atoms with Gasteiger partial charge >= 0.3 is 0 Å². The van der Waals surface area contributed by atoms with Crippen LogP contribution < -0.4 is 5.32 Å². The molecule has 0 atom stereocenters. The highest BCUT2D eigenvalue weighted by molar-refractivity contribution is 5.07. The topological polar surface area (TPSA) is 47.7 Å². The van der Waals surface area contributed by atoms with Crippen LogP contribution in [0.2, 0.25) is 0 Å². The molecule has 1 saturated carbocycles. The molecule has 3 rings (SSSR count). The Morgan fingerprint density at radius 1 is 1.39 bits per heavy atom. The standard InChI is InChI=1S/C13H19N5/c1-2-18-8-11(5-16-18)7-17-9-13(15-10-17)6-14-12-3-4-12/h5,8-10,12,14H,2-4,6-7H2,1H3. The third-order valence-corrected chi connectivity index (χ3v) is 3.21. The number of rotatable bonds is 6. The number of hydrogen-bond donors (Lipinski definition) is 1. The average Bonchev–Trinajstić information content (AvgIpc) is 2.93. The smallest absolute Gasteiger partial charge is 0.0953 e. The van der Waals surface area contributed by atoms with E-state index in [4.69, 9.17) is 0 Å². The second kappa shape index (κ2) is 4.94. The Bertz CT molecular complexity index is 509. The summed E-state index contributed by atoms with van der Waals surface area (Å²) in [5.74, 6) is 0. The van der Waals surface area contributed by atoms with E-state index in [2.05, 4.69) is 39.3 Å². The van der Waals surface area contributed by atoms with Crippen LogP contribution >= 0.6 is 0 Å². The van der Waals surface area contributed by atoms with E-state index in [1.165, 1.54) is 18.4 Å². The van der Waals surface area contributed by atoms with Crippen molar-refractivity contribution in [1.82, 2.24) is 24.6 Å². The van der Waals surface area contributed by atoms with Crippen LogP contribution in [0.1, 0.15) is 31.0 Å². The van der Waals surface area contributed by atoms with Gasteiger partial charge < -0.3 is 9.88 Å². The lowest BCUT2D eigenvalue weighted by Crippen LogP contribution is -2.15. The molecular weight excluding hydrogens is 226 g/mol. The first-order valence-electron chi connectivity index (χ1n) is 6.59. The maximum atomic E-state index is 4.41. The highest BCUT2D eigenvalue weighted by Crippen LogP contribution is 2.19. The summed E-state index contributed by atoms with van der Waals surface area (Å²) < 4.78 is 4.06. The minimum absolute atomic E-state index is 0.734. The van der Waals surface area contributed by atoms with Crippen molar-refractivity contribution < 1.29 is 0 Å². The Hall–Kier alpha value is -1.62. The van der Waals surface area contributed by atoms with Crippen molar-refractivity contribution in [2.45, 2.75) is 45.4 Å². The van der Waals surface area contributed by atoms with E-state index in [0.717, 1.165) is 31.4 Å². The van der Waals surface area contributed by atoms with E-state index in [-0.39, 0.29) is 0 Å². The van der Waals surface area contributed by atoms with Crippen LogP contribution in [0.25, 0.3) is 0 Å². The molecule has 1 fully saturated rings. The van der Waals surface area contributed by atoms with Crippen molar-refractivity contribution in [2.24, 2.45) is 0 Å². The van der Waals surface area contributed by atoms with Crippen LogP contribution in [0.15, 0.2) is 24.9 Å². The van der Waals surface area contributed by atoms with Crippen LogP contribution in [-0.2, 0) is 19.6 Å². The van der Waals surface area contributed by atoms with Crippen LogP contribution in [0, 0.1) is 0 Å². The number of nitrogens with zero attached hydrogens (tertiary/aromatic N) is 4. The lowest BCUT2D eigenvalue weighted by molar-refractivity contribution is 0.658. The van der Waals surface area contributed by atoms with Crippen molar-refractivity contribution >= 4 is 0 Å². The zero-order valence-electron chi connectivity index (χ0n) is 10.7. The number of imidazole rings is 1. The lowest BCUT2D eigenvalue weighted by Gasteiger charge is -1.99. The van der Waals surface area contributed by atoms with Crippen LogP contribution in [0.3, 0.4) is 0 Å². The zero-order valence-corrected chi connectivity index (χ0v) is 10.7. The van der Waals surface area contributed by atoms with E-state index in [9.17, 15) is 0 Å². The molecule has 18 heavy (non-hydrogen) atoms. The molecule has 0 aromatic carbocycles. The van der Waals surface area contributed by atoms with Gasteiger partial charge in [-0.1, -0.05) is 0 Å². The monoisotopic (exact) mass is 245 g/mol. The van der Waals surface area contributed by atoms with Gasteiger partial charge in [-0.05, 0) is 19.8 Å². The van der Waals surface area contributed by atoms with Crippen LogP contribution in [0.5, 0.6) is 0 Å². The number of aromatic nitrogens is 4. The summed E-state index contributed by atoms with van der Waals surface area (Å²) in [6, 6.07) is 0.734. The molecule has 96 valence electrons. The molecule has 2 aromatic heterocycles. The molecule has 1 N–H and O–H groups in total. The Labute approximate surface area is 107 Å². The Kier molecular flexibility index (Phi) is 3.15. The SMILES string of the molecule is CCn1cc(Cn2cnc(CNC3CC3)c2)cn1. The molecule has 5 heteroatoms. The van der Waals surface area contributed by atoms with Gasteiger partial charge in [-0.2, -0.15) is 5.10 Å². The summed E-state index contributed by atoms with van der Waals surface area (Å²) in [7, 11) is 0. The largest absolute Gasteiger partial charge is 0.333 e. The van der Waals surface area contributed by atoms with Gasteiger partial charge in [-0.15, -0.1) is 0 Å². The van der Waals surface area contributed by atoms with Gasteiger partial charge in [-0.3, -0.25) is 4.68 Å². The lowest BCUT2D eigenvalue weighted by atomic mass is 10.3. The summed E-state index contributed by atoms with van der Waals surface area (Å²) in [5.41, 5.74) is 2.33. The molecule has 2 heterocycles. The fourth-order valence-corrected chi connectivity index (χ4v) is 1.99. The van der Waals surface area contributed by atoms with E-state index in [1.807, 2.05) is 17.2 Å². The van der Waals surface area contributed by atoms with Crippen molar-refractivity contribution in [3.8, 4) is 0 Å². The van der Waals surface area contributed by atoms with Crippen molar-refractivity contribution in [1.29, 1.82) is 0 Å². The maximum absolute atomic E-state index is 4.41. The summed E-state index contributed by atoms with van der Waals surface area (Å²) in [5, 5.41) is 7.75. The number of aryl methyl sites for hydroxylation is 1. The Balaban J connectivity index is 1.58. The van der Waals surface area contributed by atoms with Crippen molar-refractivity contribution in [3.05, 3.63) is 36.2 Å². The highest BCUT2D eigenvalue weighted by atomic mass is 15.3. The molecule has 0 amide bonds. The Morgan fingerprint density at radius 3 is 3.00 bits per heavy atom. The molecule has 0 bridgehead atoms. The zero-order chi connectivity index (χ0) is 12.4. The third-order valence-electron chi connectivity index (χ3n) is 3.21. The first kappa shape index (κ1) is 11.5. The van der Waals surface area contributed by atoms with E-state index in [0.29, 0.717) is 0 Å². The van der Waals surface area contributed by atoms with Gasteiger partial charge in [-0.25, -0.2) is 4.98 Å². The summed E-state index contributed by atoms with van der Waals surface area (Å²) >= 11 is 0. The fraction of sp³-hybridized carbons (Fsp3) is 0.538. The van der Waals surface area contributed by atoms with Gasteiger partial charge in [0.2, 0.25) is 0 Å². The highest BCUT2D eigenvalue weighted by Gasteiger charge is 2.20. The van der Waals surface area contributed by atoms with Crippen LogP contribution in [-0.4, -0.2) is 25.4 Å². The van der Waals surface area contributed by atoms with Gasteiger partial charge in [0.1, 0.15) is 0 Å². The van der Waals surface area contributed by atoms with Crippen LogP contribution in [0.4, 0.5) is 0 Å². The third kappa shape index (κ3) is 2.79. The normalized spacial score (nSPS) is 15.2. The minimum Gasteiger partial charge on any atom is -0.333 e. The second-order valence-corrected chi connectivity index (χ2v) is 4.90. The second-order valence-electron chi connectivity index (χ2n) is 4.90. The van der Waals surface area contributed by atoms with Crippen molar-refractivity contribution in [3.63, 3.8) is 0 Å². The van der Waals surface area contributed by atoms with Gasteiger partial charge in [0, 0.05) is 37.1 Å². The average molecular weight is 245 g/mol. The molecule has 2 aromatic rings. The first-order chi connectivity index (χ1) is 8.83. The number of nitrogens with one attached hydrogen (secondary N) is 1. The minimum atomic E-state index is 0.734. The van der Waals surface area contributed by atoms with Crippen molar-refractivity contribution in [2.75, 3.05) is 0 Å². The quantitative estimate of drug-likeness (QED) is 0.837. The van der Waals surface area contributed by atoms with Gasteiger partial charge in [0.15, 0.2) is 0 Å². The van der Waals surface area contributed by atoms with Gasteiger partial charge in [0.05, 0.1) is 24.8 Å². The van der Waals surface area contributed by atoms with E-state index < -0.39 is 0 Å². The molecule has 1 aliphatic rings. The predicted molar refractivity (Wildman–Crippen MR) is 69.1 cm³/mol. The molecule has 5 nitrogen and oxygen atoms in total. The molecule has 0 unspecified atom stereocenters. The predicted octanol–water partition coefficient (Wildman–Crippen LogP) is 1.40. The molecule has 0 aliphatic heterocycles.